The number of thioether (sulfide) groups is 1. The van der Waals surface area contributed by atoms with E-state index in [2.05, 4.69) is 26.1 Å². The van der Waals surface area contributed by atoms with Crippen LogP contribution >= 0.6 is 11.8 Å². The summed E-state index contributed by atoms with van der Waals surface area (Å²) < 4.78 is 22.7. The van der Waals surface area contributed by atoms with Gasteiger partial charge in [0, 0.05) is 16.7 Å². The van der Waals surface area contributed by atoms with E-state index in [1.165, 1.54) is 6.26 Å². The Labute approximate surface area is 127 Å². The summed E-state index contributed by atoms with van der Waals surface area (Å²) in [5.41, 5.74) is 0.189. The fourth-order valence-electron chi connectivity index (χ4n) is 1.66. The molecule has 0 unspecified atom stereocenters. The Bertz CT molecular complexity index is 502. The quantitative estimate of drug-likeness (QED) is 0.619. The first-order valence-corrected chi connectivity index (χ1v) is 9.74. The maximum absolute atomic E-state index is 11.3. The third-order valence-electron chi connectivity index (χ3n) is 2.75. The third-order valence-corrected chi connectivity index (χ3v) is 4.97. The number of hydrogen-bond acceptors (Lipinski definition) is 4. The minimum Gasteiger partial charge on any atom is -0.312 e. The number of rotatable bonds is 7. The van der Waals surface area contributed by atoms with E-state index in [1.54, 1.807) is 23.9 Å². The fraction of sp³-hybridized carbons (Fsp3) is 0.600. The molecule has 0 aliphatic rings. The molecule has 0 saturated heterocycles. The molecule has 114 valence electrons. The second-order valence-electron chi connectivity index (χ2n) is 5.98. The predicted molar refractivity (Wildman–Crippen MR) is 87.3 cm³/mol. The van der Waals surface area contributed by atoms with E-state index in [-0.39, 0.29) is 5.54 Å². The molecule has 0 radical (unpaired) electrons. The van der Waals surface area contributed by atoms with E-state index < -0.39 is 9.84 Å². The SMILES string of the molecule is CC(C)(C)NCCCCSc1ccc(S(C)(=O)=O)cc1. The lowest BCUT2D eigenvalue weighted by Gasteiger charge is -2.20. The zero-order valence-electron chi connectivity index (χ0n) is 12.8. The molecule has 0 bridgehead atoms. The second-order valence-corrected chi connectivity index (χ2v) is 9.16. The summed E-state index contributed by atoms with van der Waals surface area (Å²) >= 11 is 1.78. The van der Waals surface area contributed by atoms with E-state index in [1.807, 2.05) is 12.1 Å². The lowest BCUT2D eigenvalue weighted by atomic mass is 10.1. The van der Waals surface area contributed by atoms with Crippen molar-refractivity contribution in [3.63, 3.8) is 0 Å². The summed E-state index contributed by atoms with van der Waals surface area (Å²) in [6.45, 7) is 7.55. The van der Waals surface area contributed by atoms with Gasteiger partial charge in [0.05, 0.1) is 4.90 Å². The minimum absolute atomic E-state index is 0.189. The van der Waals surface area contributed by atoms with Crippen LogP contribution in [0.3, 0.4) is 0 Å². The first-order chi connectivity index (χ1) is 9.18. The minimum atomic E-state index is -3.08. The van der Waals surface area contributed by atoms with Crippen molar-refractivity contribution in [3.05, 3.63) is 24.3 Å². The summed E-state index contributed by atoms with van der Waals surface area (Å²) in [6, 6.07) is 7.13. The van der Waals surface area contributed by atoms with Crippen molar-refractivity contribution in [1.82, 2.24) is 5.32 Å². The van der Waals surface area contributed by atoms with Gasteiger partial charge in [-0.25, -0.2) is 8.42 Å². The van der Waals surface area contributed by atoms with Crippen molar-refractivity contribution < 1.29 is 8.42 Å². The second kappa shape index (κ2) is 7.48. The van der Waals surface area contributed by atoms with Gasteiger partial charge >= 0.3 is 0 Å². The molecule has 0 heterocycles. The smallest absolute Gasteiger partial charge is 0.175 e. The summed E-state index contributed by atoms with van der Waals surface area (Å²) in [6.07, 6.45) is 3.55. The molecule has 1 N–H and O–H groups in total. The molecule has 0 atom stereocenters. The normalized spacial score (nSPS) is 12.6. The Morgan fingerprint density at radius 1 is 1.10 bits per heavy atom. The van der Waals surface area contributed by atoms with Crippen LogP contribution in [0.2, 0.25) is 0 Å². The van der Waals surface area contributed by atoms with Gasteiger partial charge < -0.3 is 5.32 Å². The Kier molecular flexibility index (Phi) is 6.55. The van der Waals surface area contributed by atoms with Gasteiger partial charge in [-0.1, -0.05) is 0 Å². The predicted octanol–water partition coefficient (Wildman–Crippen LogP) is 3.35. The van der Waals surface area contributed by atoms with Crippen LogP contribution in [-0.2, 0) is 9.84 Å². The molecule has 0 aliphatic heterocycles. The first-order valence-electron chi connectivity index (χ1n) is 6.86. The van der Waals surface area contributed by atoms with E-state index in [4.69, 9.17) is 0 Å². The van der Waals surface area contributed by atoms with Gasteiger partial charge in [-0.3, -0.25) is 0 Å². The summed E-state index contributed by atoms with van der Waals surface area (Å²) in [4.78, 5) is 1.51. The number of sulfone groups is 1. The highest BCUT2D eigenvalue weighted by Gasteiger charge is 2.07. The zero-order chi connectivity index (χ0) is 15.2. The van der Waals surface area contributed by atoms with Crippen molar-refractivity contribution in [2.45, 2.75) is 48.9 Å². The number of benzene rings is 1. The Morgan fingerprint density at radius 3 is 2.20 bits per heavy atom. The molecule has 3 nitrogen and oxygen atoms in total. The fourth-order valence-corrected chi connectivity index (χ4v) is 3.21. The zero-order valence-corrected chi connectivity index (χ0v) is 14.4. The molecule has 0 aromatic heterocycles. The maximum Gasteiger partial charge on any atom is 0.175 e. The first kappa shape index (κ1) is 17.5. The average Bonchev–Trinajstić information content (AvgIpc) is 2.32. The van der Waals surface area contributed by atoms with Crippen LogP contribution in [0, 0.1) is 0 Å². The summed E-state index contributed by atoms with van der Waals surface area (Å²) in [7, 11) is -3.08. The van der Waals surface area contributed by atoms with Gasteiger partial charge in [-0.15, -0.1) is 11.8 Å². The van der Waals surface area contributed by atoms with Crippen molar-refractivity contribution in [3.8, 4) is 0 Å². The number of nitrogens with one attached hydrogen (secondary N) is 1. The van der Waals surface area contributed by atoms with Crippen molar-refractivity contribution in [2.75, 3.05) is 18.6 Å². The molecule has 1 rings (SSSR count). The van der Waals surface area contributed by atoms with Crippen LogP contribution in [-0.4, -0.2) is 32.5 Å². The maximum atomic E-state index is 11.3. The molecule has 1 aromatic rings. The van der Waals surface area contributed by atoms with E-state index in [9.17, 15) is 8.42 Å². The molecule has 0 saturated carbocycles. The molecule has 0 aliphatic carbocycles. The lowest BCUT2D eigenvalue weighted by Crippen LogP contribution is -2.36. The van der Waals surface area contributed by atoms with E-state index >= 15 is 0 Å². The van der Waals surface area contributed by atoms with Crippen molar-refractivity contribution in [1.29, 1.82) is 0 Å². The molecule has 0 amide bonds. The third kappa shape index (κ3) is 7.31. The van der Waals surface area contributed by atoms with Crippen LogP contribution in [0.4, 0.5) is 0 Å². The highest BCUT2D eigenvalue weighted by Crippen LogP contribution is 2.21. The average molecular weight is 316 g/mol. The topological polar surface area (TPSA) is 46.2 Å². The number of unbranched alkanes of at least 4 members (excludes halogenated alkanes) is 1. The Balaban J connectivity index is 2.26. The summed E-state index contributed by atoms with van der Waals surface area (Å²) in [5, 5.41) is 3.47. The largest absolute Gasteiger partial charge is 0.312 e. The van der Waals surface area contributed by atoms with Gasteiger partial charge in [-0.2, -0.15) is 0 Å². The van der Waals surface area contributed by atoms with E-state index in [0.29, 0.717) is 4.90 Å². The van der Waals surface area contributed by atoms with Gasteiger partial charge in [-0.05, 0) is 70.2 Å². The number of hydrogen-bond donors (Lipinski definition) is 1. The van der Waals surface area contributed by atoms with Gasteiger partial charge in [0.25, 0.3) is 0 Å². The monoisotopic (exact) mass is 315 g/mol. The molecule has 1 aromatic carbocycles. The van der Waals surface area contributed by atoms with Crippen LogP contribution in [0.15, 0.2) is 34.1 Å². The Morgan fingerprint density at radius 2 is 1.70 bits per heavy atom. The van der Waals surface area contributed by atoms with Crippen molar-refractivity contribution >= 4 is 21.6 Å². The molecular formula is C15H25NO2S2. The van der Waals surface area contributed by atoms with Gasteiger partial charge in [0.1, 0.15) is 0 Å². The molecule has 0 spiro atoms. The molecular weight excluding hydrogens is 290 g/mol. The molecule has 0 fully saturated rings. The lowest BCUT2D eigenvalue weighted by molar-refractivity contribution is 0.421. The van der Waals surface area contributed by atoms with Crippen LogP contribution in [0.25, 0.3) is 0 Å². The van der Waals surface area contributed by atoms with Gasteiger partial charge in [0.15, 0.2) is 9.84 Å². The molecule has 20 heavy (non-hydrogen) atoms. The highest BCUT2D eigenvalue weighted by molar-refractivity contribution is 7.99. The molecule has 5 heteroatoms. The van der Waals surface area contributed by atoms with Crippen molar-refractivity contribution in [2.24, 2.45) is 0 Å². The summed E-state index contributed by atoms with van der Waals surface area (Å²) in [5.74, 6) is 1.06. The van der Waals surface area contributed by atoms with Crippen LogP contribution < -0.4 is 5.32 Å². The van der Waals surface area contributed by atoms with Crippen LogP contribution in [0.1, 0.15) is 33.6 Å². The standard InChI is InChI=1S/C15H25NO2S2/c1-15(2,3)16-11-5-6-12-19-13-7-9-14(10-8-13)20(4,17)18/h7-10,16H,5-6,11-12H2,1-4H3. The van der Waals surface area contributed by atoms with Crippen LogP contribution in [0.5, 0.6) is 0 Å². The van der Waals surface area contributed by atoms with E-state index in [0.717, 1.165) is 30.0 Å². The Hall–Kier alpha value is -0.520. The highest BCUT2D eigenvalue weighted by atomic mass is 32.2. The van der Waals surface area contributed by atoms with Gasteiger partial charge in [0.2, 0.25) is 0 Å².